The van der Waals surface area contributed by atoms with Gasteiger partial charge < -0.3 is 10.2 Å². The number of hydrogen-bond acceptors (Lipinski definition) is 4. The molecule has 43 heavy (non-hydrogen) atoms. The van der Waals surface area contributed by atoms with Crippen molar-refractivity contribution in [3.63, 3.8) is 0 Å². The molecule has 0 radical (unpaired) electrons. The van der Waals surface area contributed by atoms with E-state index in [1.165, 1.54) is 47.4 Å². The molecule has 0 aromatic heterocycles. The number of para-hydroxylation sites is 1. The van der Waals surface area contributed by atoms with E-state index in [0.717, 1.165) is 15.9 Å². The van der Waals surface area contributed by atoms with Crippen molar-refractivity contribution in [2.75, 3.05) is 17.4 Å². The Morgan fingerprint density at radius 1 is 0.837 bits per heavy atom. The molecule has 4 rings (SSSR count). The summed E-state index contributed by atoms with van der Waals surface area (Å²) in [6, 6.07) is 25.6. The minimum Gasteiger partial charge on any atom is -0.355 e. The molecule has 4 aromatic rings. The summed E-state index contributed by atoms with van der Waals surface area (Å²) in [6.07, 6.45) is 0.117. The van der Waals surface area contributed by atoms with E-state index in [-0.39, 0.29) is 33.6 Å². The first-order valence-corrected chi connectivity index (χ1v) is 15.7. The zero-order valence-corrected chi connectivity index (χ0v) is 25.6. The maximum atomic E-state index is 15.1. The quantitative estimate of drug-likeness (QED) is 0.202. The van der Waals surface area contributed by atoms with Crippen LogP contribution in [0.5, 0.6) is 0 Å². The Morgan fingerprint density at radius 2 is 1.42 bits per heavy atom. The van der Waals surface area contributed by atoms with Crippen LogP contribution < -0.4 is 9.62 Å². The first-order chi connectivity index (χ1) is 20.6. The number of hydrogen-bond donors (Lipinski definition) is 1. The lowest BCUT2D eigenvalue weighted by Crippen LogP contribution is -2.53. The van der Waals surface area contributed by atoms with Crippen LogP contribution in [0.2, 0.25) is 10.0 Å². The standard InChI is InChI=1S/C32H30Cl2FN3O4S/c1-2-36-32(40)30(20-23-12-5-3-6-13-23)37(21-25-26(33)16-11-17-27(25)34)31(39)22-38(29-19-10-9-18-28(29)35)43(41,42)24-14-7-4-8-15-24/h3-19,30H,2,20-22H2,1H3,(H,36,40). The van der Waals surface area contributed by atoms with Crippen molar-refractivity contribution in [3.05, 3.63) is 130 Å². The van der Waals surface area contributed by atoms with Crippen molar-refractivity contribution in [2.45, 2.75) is 30.8 Å². The molecule has 1 N–H and O–H groups in total. The molecule has 0 aliphatic heterocycles. The number of rotatable bonds is 12. The molecule has 0 aliphatic rings. The lowest BCUT2D eigenvalue weighted by Gasteiger charge is -2.34. The Kier molecular flexibility index (Phi) is 10.8. The Balaban J connectivity index is 1.83. The van der Waals surface area contributed by atoms with E-state index >= 15 is 4.39 Å². The van der Waals surface area contributed by atoms with Gasteiger partial charge in [-0.25, -0.2) is 12.8 Å². The summed E-state index contributed by atoms with van der Waals surface area (Å²) < 4.78 is 43.6. The largest absolute Gasteiger partial charge is 0.355 e. The number of carbonyl (C=O) groups excluding carboxylic acids is 2. The van der Waals surface area contributed by atoms with Gasteiger partial charge in [0.1, 0.15) is 18.4 Å². The minimum atomic E-state index is -4.42. The highest BCUT2D eigenvalue weighted by molar-refractivity contribution is 7.92. The molecule has 0 saturated carbocycles. The SMILES string of the molecule is CCNC(=O)C(Cc1ccccc1)N(Cc1c(Cl)cccc1Cl)C(=O)CN(c1ccccc1F)S(=O)(=O)c1ccccc1. The van der Waals surface area contributed by atoms with E-state index in [1.807, 2.05) is 30.3 Å². The Bertz CT molecular complexity index is 1650. The topological polar surface area (TPSA) is 86.8 Å². The smallest absolute Gasteiger partial charge is 0.264 e. The van der Waals surface area contributed by atoms with Gasteiger partial charge in [0.15, 0.2) is 0 Å². The molecule has 224 valence electrons. The average Bonchev–Trinajstić information content (AvgIpc) is 3.00. The molecule has 1 unspecified atom stereocenters. The molecule has 11 heteroatoms. The number of anilines is 1. The summed E-state index contributed by atoms with van der Waals surface area (Å²) >= 11 is 13.0. The van der Waals surface area contributed by atoms with Crippen LogP contribution in [0.1, 0.15) is 18.1 Å². The van der Waals surface area contributed by atoms with Gasteiger partial charge in [0.25, 0.3) is 10.0 Å². The number of nitrogens with one attached hydrogen (secondary N) is 1. The molecule has 0 saturated heterocycles. The summed E-state index contributed by atoms with van der Waals surface area (Å²) in [7, 11) is -4.42. The molecule has 1 atom stereocenters. The van der Waals surface area contributed by atoms with E-state index in [9.17, 15) is 18.0 Å². The molecule has 2 amide bonds. The number of carbonyl (C=O) groups is 2. The summed E-state index contributed by atoms with van der Waals surface area (Å²) in [5, 5.41) is 3.31. The van der Waals surface area contributed by atoms with Gasteiger partial charge in [-0.1, -0.05) is 89.9 Å². The second-order valence-corrected chi connectivity index (χ2v) is 12.3. The van der Waals surface area contributed by atoms with Crippen molar-refractivity contribution in [1.29, 1.82) is 0 Å². The highest BCUT2D eigenvalue weighted by Crippen LogP contribution is 2.29. The van der Waals surface area contributed by atoms with Crippen LogP contribution >= 0.6 is 23.2 Å². The molecule has 0 spiro atoms. The first-order valence-electron chi connectivity index (χ1n) is 13.5. The fourth-order valence-electron chi connectivity index (χ4n) is 4.59. The Morgan fingerprint density at radius 3 is 2.02 bits per heavy atom. The molecule has 7 nitrogen and oxygen atoms in total. The Hall–Kier alpha value is -3.92. The first kappa shape index (κ1) is 32.0. The van der Waals surface area contributed by atoms with Crippen LogP contribution in [-0.2, 0) is 32.6 Å². The number of amides is 2. The normalized spacial score (nSPS) is 11.9. The summed E-state index contributed by atoms with van der Waals surface area (Å²) in [5.41, 5.74) is 0.836. The predicted molar refractivity (Wildman–Crippen MR) is 167 cm³/mol. The lowest BCUT2D eigenvalue weighted by molar-refractivity contribution is -0.140. The predicted octanol–water partition coefficient (Wildman–Crippen LogP) is 6.10. The van der Waals surface area contributed by atoms with Gasteiger partial charge in [0.2, 0.25) is 11.8 Å². The van der Waals surface area contributed by atoms with Crippen LogP contribution in [-0.4, -0.2) is 44.3 Å². The number of halogens is 3. The van der Waals surface area contributed by atoms with Gasteiger partial charge in [-0.2, -0.15) is 0 Å². The monoisotopic (exact) mass is 641 g/mol. The van der Waals surface area contributed by atoms with Crippen LogP contribution in [0.4, 0.5) is 10.1 Å². The second-order valence-electron chi connectivity index (χ2n) is 9.60. The third-order valence-electron chi connectivity index (χ3n) is 6.74. The molecular formula is C32H30Cl2FN3O4S. The third kappa shape index (κ3) is 7.73. The summed E-state index contributed by atoms with van der Waals surface area (Å²) in [6.45, 7) is 1.04. The van der Waals surface area contributed by atoms with E-state index < -0.39 is 40.2 Å². The van der Waals surface area contributed by atoms with Crippen LogP contribution in [0.25, 0.3) is 0 Å². The van der Waals surface area contributed by atoms with Gasteiger partial charge in [-0.05, 0) is 48.9 Å². The fraction of sp³-hybridized carbons (Fsp3) is 0.188. The maximum Gasteiger partial charge on any atom is 0.264 e. The maximum absolute atomic E-state index is 15.1. The molecular weight excluding hydrogens is 612 g/mol. The van der Waals surface area contributed by atoms with Crippen LogP contribution in [0, 0.1) is 5.82 Å². The fourth-order valence-corrected chi connectivity index (χ4v) is 6.55. The zero-order chi connectivity index (χ0) is 31.0. The van der Waals surface area contributed by atoms with Crippen molar-refractivity contribution in [1.82, 2.24) is 10.2 Å². The van der Waals surface area contributed by atoms with Gasteiger partial charge in [0.05, 0.1) is 10.6 Å². The number of likely N-dealkylation sites (N-methyl/N-ethyl adjacent to an activating group) is 1. The molecule has 0 fully saturated rings. The van der Waals surface area contributed by atoms with Crippen molar-refractivity contribution in [3.8, 4) is 0 Å². The van der Waals surface area contributed by atoms with Gasteiger partial charge >= 0.3 is 0 Å². The van der Waals surface area contributed by atoms with E-state index in [4.69, 9.17) is 23.2 Å². The highest BCUT2D eigenvalue weighted by Gasteiger charge is 2.35. The number of benzene rings is 4. The van der Waals surface area contributed by atoms with Crippen LogP contribution in [0.3, 0.4) is 0 Å². The molecule has 0 aliphatic carbocycles. The van der Waals surface area contributed by atoms with E-state index in [1.54, 1.807) is 31.2 Å². The van der Waals surface area contributed by atoms with Gasteiger partial charge in [-0.15, -0.1) is 0 Å². The van der Waals surface area contributed by atoms with E-state index in [2.05, 4.69) is 5.32 Å². The van der Waals surface area contributed by atoms with Crippen LogP contribution in [0.15, 0.2) is 108 Å². The average molecular weight is 643 g/mol. The molecule has 4 aromatic carbocycles. The minimum absolute atomic E-state index is 0.117. The van der Waals surface area contributed by atoms with Gasteiger partial charge in [0, 0.05) is 35.1 Å². The summed E-state index contributed by atoms with van der Waals surface area (Å²) in [5.74, 6) is -2.04. The van der Waals surface area contributed by atoms with Crippen molar-refractivity contribution >= 4 is 50.7 Å². The summed E-state index contributed by atoms with van der Waals surface area (Å²) in [4.78, 5) is 29.0. The lowest BCUT2D eigenvalue weighted by atomic mass is 10.0. The molecule has 0 heterocycles. The van der Waals surface area contributed by atoms with Gasteiger partial charge in [-0.3, -0.25) is 13.9 Å². The second kappa shape index (κ2) is 14.5. The van der Waals surface area contributed by atoms with E-state index in [0.29, 0.717) is 12.1 Å². The van der Waals surface area contributed by atoms with Crippen molar-refractivity contribution in [2.24, 2.45) is 0 Å². The molecule has 0 bridgehead atoms. The zero-order valence-electron chi connectivity index (χ0n) is 23.3. The number of sulfonamides is 1. The third-order valence-corrected chi connectivity index (χ3v) is 9.23. The highest BCUT2D eigenvalue weighted by atomic mass is 35.5. The Labute approximate surface area is 260 Å². The number of nitrogens with zero attached hydrogens (tertiary/aromatic N) is 2. The van der Waals surface area contributed by atoms with Crippen molar-refractivity contribution < 1.29 is 22.4 Å².